The van der Waals surface area contributed by atoms with Gasteiger partial charge in [0.15, 0.2) is 0 Å². The molecule has 0 spiro atoms. The Hall–Kier alpha value is -3.32. The first kappa shape index (κ1) is 20.4. The van der Waals surface area contributed by atoms with Crippen molar-refractivity contribution >= 4 is 0 Å². The Labute approximate surface area is 174 Å². The van der Waals surface area contributed by atoms with Gasteiger partial charge in [0, 0.05) is 0 Å². The molecule has 0 bridgehead atoms. The van der Waals surface area contributed by atoms with Gasteiger partial charge in [-0.25, -0.2) is 0 Å². The maximum absolute atomic E-state index is 5.42. The number of benzene rings is 3. The van der Waals surface area contributed by atoms with Crippen LogP contribution in [-0.2, 0) is 5.41 Å². The van der Waals surface area contributed by atoms with Crippen LogP contribution in [0, 0.1) is 6.92 Å². The third-order valence-corrected chi connectivity index (χ3v) is 5.29. The van der Waals surface area contributed by atoms with Crippen molar-refractivity contribution in [2.45, 2.75) is 19.3 Å². The molecule has 0 heterocycles. The minimum Gasteiger partial charge on any atom is -0.497 e. The third kappa shape index (κ3) is 3.95. The Morgan fingerprint density at radius 1 is 0.828 bits per heavy atom. The predicted molar refractivity (Wildman–Crippen MR) is 124 cm³/mol. The number of ether oxygens (including phenoxy) is 1. The molecule has 1 nitrogen and oxygen atoms in total. The van der Waals surface area contributed by atoms with Crippen molar-refractivity contribution in [2.24, 2.45) is 0 Å². The summed E-state index contributed by atoms with van der Waals surface area (Å²) in [5.74, 6) is 0.847. The highest BCUT2D eigenvalue weighted by Crippen LogP contribution is 2.46. The van der Waals surface area contributed by atoms with E-state index >= 15 is 0 Å². The Kier molecular flexibility index (Phi) is 6.51. The summed E-state index contributed by atoms with van der Waals surface area (Å²) >= 11 is 0. The first-order valence-electron chi connectivity index (χ1n) is 9.90. The third-order valence-electron chi connectivity index (χ3n) is 5.29. The van der Waals surface area contributed by atoms with Crippen molar-refractivity contribution in [1.29, 1.82) is 0 Å². The molecule has 0 aliphatic rings. The highest BCUT2D eigenvalue weighted by Gasteiger charge is 2.38. The van der Waals surface area contributed by atoms with Crippen molar-refractivity contribution in [1.82, 2.24) is 0 Å². The molecule has 0 aliphatic heterocycles. The normalized spacial score (nSPS) is 13.8. The average Bonchev–Trinajstić information content (AvgIpc) is 2.77. The highest BCUT2D eigenvalue weighted by molar-refractivity contribution is 5.62. The van der Waals surface area contributed by atoms with E-state index in [0.717, 1.165) is 11.3 Å². The van der Waals surface area contributed by atoms with Gasteiger partial charge in [0.05, 0.1) is 12.5 Å². The van der Waals surface area contributed by atoms with E-state index in [9.17, 15) is 0 Å². The van der Waals surface area contributed by atoms with Crippen LogP contribution < -0.4 is 4.74 Å². The Morgan fingerprint density at radius 3 is 1.90 bits per heavy atom. The summed E-state index contributed by atoms with van der Waals surface area (Å²) in [7, 11) is 1.70. The topological polar surface area (TPSA) is 9.23 Å². The van der Waals surface area contributed by atoms with Gasteiger partial charge in [-0.05, 0) is 48.2 Å². The number of hydrogen-bond donors (Lipinski definition) is 0. The second-order valence-corrected chi connectivity index (χ2v) is 7.07. The Balaban J connectivity index is 2.45. The van der Waals surface area contributed by atoms with Gasteiger partial charge in [-0.3, -0.25) is 0 Å². The summed E-state index contributed by atoms with van der Waals surface area (Å²) in [4.78, 5) is 0. The molecule has 0 fully saturated rings. The molecule has 0 saturated carbocycles. The van der Waals surface area contributed by atoms with Gasteiger partial charge in [0.1, 0.15) is 5.75 Å². The molecule has 29 heavy (non-hydrogen) atoms. The zero-order valence-corrected chi connectivity index (χ0v) is 17.4. The SMILES string of the molecule is C=C/C=C(\C=C/C)C(c1ccccc1)(c1ccc(C)cc1)c1ccc(OC)cc1. The van der Waals surface area contributed by atoms with Gasteiger partial charge in [0.2, 0.25) is 0 Å². The van der Waals surface area contributed by atoms with E-state index in [1.165, 1.54) is 22.3 Å². The van der Waals surface area contributed by atoms with Crippen LogP contribution in [0.25, 0.3) is 0 Å². The van der Waals surface area contributed by atoms with Crippen LogP contribution in [0.2, 0.25) is 0 Å². The fraction of sp³-hybridized carbons (Fsp3) is 0.143. The maximum atomic E-state index is 5.42. The maximum Gasteiger partial charge on any atom is 0.118 e. The van der Waals surface area contributed by atoms with Gasteiger partial charge in [-0.2, -0.15) is 0 Å². The Bertz CT molecular complexity index is 992. The van der Waals surface area contributed by atoms with Gasteiger partial charge >= 0.3 is 0 Å². The van der Waals surface area contributed by atoms with Crippen LogP contribution in [0.15, 0.2) is 115 Å². The van der Waals surface area contributed by atoms with Crippen LogP contribution in [0.4, 0.5) is 0 Å². The zero-order valence-electron chi connectivity index (χ0n) is 17.4. The molecule has 0 amide bonds. The van der Waals surface area contributed by atoms with Gasteiger partial charge < -0.3 is 4.74 Å². The largest absolute Gasteiger partial charge is 0.497 e. The molecule has 146 valence electrons. The highest BCUT2D eigenvalue weighted by atomic mass is 16.5. The van der Waals surface area contributed by atoms with Crippen molar-refractivity contribution in [2.75, 3.05) is 7.11 Å². The van der Waals surface area contributed by atoms with E-state index in [-0.39, 0.29) is 0 Å². The molecular formula is C28H28O. The minimum atomic E-state index is -0.470. The lowest BCUT2D eigenvalue weighted by molar-refractivity contribution is 0.414. The van der Waals surface area contributed by atoms with E-state index in [0.29, 0.717) is 0 Å². The molecule has 0 aromatic heterocycles. The number of methoxy groups -OCH3 is 1. The van der Waals surface area contributed by atoms with Crippen molar-refractivity contribution in [3.8, 4) is 5.75 Å². The number of allylic oxidation sites excluding steroid dienone is 5. The fourth-order valence-electron chi connectivity index (χ4n) is 3.94. The predicted octanol–water partition coefficient (Wildman–Crippen LogP) is 7.03. The molecule has 0 radical (unpaired) electrons. The van der Waals surface area contributed by atoms with Crippen LogP contribution in [-0.4, -0.2) is 7.11 Å². The quantitative estimate of drug-likeness (QED) is 0.316. The fourth-order valence-corrected chi connectivity index (χ4v) is 3.94. The van der Waals surface area contributed by atoms with Crippen molar-refractivity contribution < 1.29 is 4.74 Å². The molecule has 0 aliphatic carbocycles. The number of rotatable bonds is 7. The van der Waals surface area contributed by atoms with E-state index in [2.05, 4.69) is 105 Å². The molecule has 1 atom stereocenters. The molecule has 1 unspecified atom stereocenters. The average molecular weight is 381 g/mol. The molecule has 0 N–H and O–H groups in total. The summed E-state index contributed by atoms with van der Waals surface area (Å²) in [5, 5.41) is 0. The molecular weight excluding hydrogens is 352 g/mol. The number of aryl methyl sites for hydroxylation is 1. The summed E-state index contributed by atoms with van der Waals surface area (Å²) < 4.78 is 5.42. The molecule has 3 rings (SSSR count). The summed E-state index contributed by atoms with van der Waals surface area (Å²) in [5.41, 5.74) is 5.54. The van der Waals surface area contributed by atoms with Crippen LogP contribution in [0.1, 0.15) is 29.2 Å². The van der Waals surface area contributed by atoms with Gasteiger partial charge in [-0.15, -0.1) is 0 Å². The van der Waals surface area contributed by atoms with E-state index in [4.69, 9.17) is 4.74 Å². The minimum absolute atomic E-state index is 0.470. The van der Waals surface area contributed by atoms with Crippen molar-refractivity contribution in [3.05, 3.63) is 138 Å². The lowest BCUT2D eigenvalue weighted by Crippen LogP contribution is -2.31. The van der Waals surface area contributed by atoms with Crippen molar-refractivity contribution in [3.63, 3.8) is 0 Å². The van der Waals surface area contributed by atoms with Gasteiger partial charge in [-0.1, -0.05) is 103 Å². The second-order valence-electron chi connectivity index (χ2n) is 7.07. The monoisotopic (exact) mass is 380 g/mol. The second kappa shape index (κ2) is 9.25. The standard InChI is InChI=1S/C28H28O/c1-5-10-23(11-6-2)28(24-12-8-7-9-13-24,25-16-14-22(3)15-17-25)26-18-20-27(29-4)21-19-26/h5-21H,1H2,2-4H3/b11-6-,23-10+. The lowest BCUT2D eigenvalue weighted by atomic mass is 9.64. The molecule has 0 saturated heterocycles. The van der Waals surface area contributed by atoms with E-state index in [1.54, 1.807) is 7.11 Å². The van der Waals surface area contributed by atoms with Crippen LogP contribution in [0.5, 0.6) is 5.75 Å². The number of hydrogen-bond acceptors (Lipinski definition) is 1. The first-order valence-corrected chi connectivity index (χ1v) is 9.90. The smallest absolute Gasteiger partial charge is 0.118 e. The zero-order chi connectivity index (χ0) is 20.7. The van der Waals surface area contributed by atoms with Crippen LogP contribution in [0.3, 0.4) is 0 Å². The summed E-state index contributed by atoms with van der Waals surface area (Å²) in [6, 6.07) is 27.9. The molecule has 3 aromatic rings. The van der Waals surface area contributed by atoms with Gasteiger partial charge in [0.25, 0.3) is 0 Å². The molecule has 3 aromatic carbocycles. The summed E-state index contributed by atoms with van der Waals surface area (Å²) in [6.07, 6.45) is 8.24. The summed E-state index contributed by atoms with van der Waals surface area (Å²) in [6.45, 7) is 8.16. The van der Waals surface area contributed by atoms with E-state index < -0.39 is 5.41 Å². The van der Waals surface area contributed by atoms with E-state index in [1.807, 2.05) is 18.2 Å². The molecule has 1 heteroatoms. The Morgan fingerprint density at radius 2 is 1.38 bits per heavy atom. The van der Waals surface area contributed by atoms with Crippen LogP contribution >= 0.6 is 0 Å². The first-order chi connectivity index (χ1) is 14.2. The lowest BCUT2D eigenvalue weighted by Gasteiger charge is -2.37.